The standard InChI is InChI=1S/C10H16N4O3/c1-6(2)4-5-17-9-8(14(15)16)7(3)12-10(11)13-9/h6H,4-5H2,1-3H3,(H2,11,12,13). The highest BCUT2D eigenvalue weighted by Gasteiger charge is 2.22. The van der Waals surface area contributed by atoms with Gasteiger partial charge in [-0.3, -0.25) is 10.1 Å². The lowest BCUT2D eigenvalue weighted by Crippen LogP contribution is -2.09. The molecular weight excluding hydrogens is 224 g/mol. The molecule has 0 amide bonds. The third-order valence-corrected chi connectivity index (χ3v) is 2.16. The van der Waals surface area contributed by atoms with Crippen molar-refractivity contribution in [3.05, 3.63) is 15.8 Å². The van der Waals surface area contributed by atoms with Gasteiger partial charge in [0, 0.05) is 0 Å². The average Bonchev–Trinajstić information content (AvgIpc) is 2.14. The van der Waals surface area contributed by atoms with Crippen molar-refractivity contribution >= 4 is 11.6 Å². The molecule has 0 aliphatic rings. The van der Waals surface area contributed by atoms with Crippen LogP contribution in [-0.2, 0) is 0 Å². The number of nitro groups is 1. The average molecular weight is 240 g/mol. The molecule has 0 unspecified atom stereocenters. The fraction of sp³-hybridized carbons (Fsp3) is 0.600. The van der Waals surface area contributed by atoms with Crippen molar-refractivity contribution in [2.24, 2.45) is 5.92 Å². The highest BCUT2D eigenvalue weighted by atomic mass is 16.6. The van der Waals surface area contributed by atoms with Crippen molar-refractivity contribution in [2.45, 2.75) is 27.2 Å². The van der Waals surface area contributed by atoms with Crippen molar-refractivity contribution in [3.8, 4) is 5.88 Å². The smallest absolute Gasteiger partial charge is 0.352 e. The lowest BCUT2D eigenvalue weighted by molar-refractivity contribution is -0.387. The van der Waals surface area contributed by atoms with Crippen LogP contribution in [0.4, 0.5) is 11.6 Å². The summed E-state index contributed by atoms with van der Waals surface area (Å²) in [6.45, 7) is 5.95. The van der Waals surface area contributed by atoms with Crippen LogP contribution in [0.15, 0.2) is 0 Å². The van der Waals surface area contributed by atoms with E-state index >= 15 is 0 Å². The SMILES string of the molecule is Cc1nc(N)nc(OCCC(C)C)c1[N+](=O)[O-]. The Bertz CT molecular complexity index is 420. The van der Waals surface area contributed by atoms with Crippen molar-refractivity contribution < 1.29 is 9.66 Å². The minimum atomic E-state index is -0.556. The van der Waals surface area contributed by atoms with Gasteiger partial charge in [-0.15, -0.1) is 0 Å². The molecule has 0 spiro atoms. The van der Waals surface area contributed by atoms with Crippen LogP contribution in [0.5, 0.6) is 5.88 Å². The fourth-order valence-corrected chi connectivity index (χ4v) is 1.26. The number of anilines is 1. The normalized spacial score (nSPS) is 10.6. The highest BCUT2D eigenvalue weighted by Crippen LogP contribution is 2.28. The number of nitrogens with zero attached hydrogens (tertiary/aromatic N) is 3. The second-order valence-corrected chi connectivity index (χ2v) is 4.11. The summed E-state index contributed by atoms with van der Waals surface area (Å²) < 4.78 is 5.30. The molecule has 0 aliphatic heterocycles. The molecule has 0 atom stereocenters. The number of aromatic nitrogens is 2. The Labute approximate surface area is 99.2 Å². The number of nitrogen functional groups attached to an aromatic ring is 1. The second-order valence-electron chi connectivity index (χ2n) is 4.11. The molecule has 1 aromatic heterocycles. The topological polar surface area (TPSA) is 104 Å². The van der Waals surface area contributed by atoms with Crippen LogP contribution in [0.3, 0.4) is 0 Å². The Morgan fingerprint density at radius 2 is 2.12 bits per heavy atom. The van der Waals surface area contributed by atoms with E-state index in [1.54, 1.807) is 0 Å². The predicted octanol–water partition coefficient (Wildman–Crippen LogP) is 1.70. The molecule has 7 heteroatoms. The van der Waals surface area contributed by atoms with E-state index in [0.717, 1.165) is 6.42 Å². The molecule has 0 fully saturated rings. The molecule has 0 aliphatic carbocycles. The van der Waals surface area contributed by atoms with Crippen LogP contribution in [0, 0.1) is 23.0 Å². The first-order chi connectivity index (χ1) is 7.91. The zero-order valence-corrected chi connectivity index (χ0v) is 10.1. The van der Waals surface area contributed by atoms with Crippen LogP contribution in [0.25, 0.3) is 0 Å². The molecule has 94 valence electrons. The number of ether oxygens (including phenoxy) is 1. The summed E-state index contributed by atoms with van der Waals surface area (Å²) in [6, 6.07) is 0. The Morgan fingerprint density at radius 3 is 2.65 bits per heavy atom. The Balaban J connectivity index is 2.92. The first kappa shape index (κ1) is 13.1. The summed E-state index contributed by atoms with van der Waals surface area (Å²) in [5.41, 5.74) is 5.43. The number of hydrogen-bond donors (Lipinski definition) is 1. The summed E-state index contributed by atoms with van der Waals surface area (Å²) in [7, 11) is 0. The lowest BCUT2D eigenvalue weighted by Gasteiger charge is -2.08. The fourth-order valence-electron chi connectivity index (χ4n) is 1.26. The Kier molecular flexibility index (Phi) is 4.19. The molecule has 1 rings (SSSR count). The first-order valence-electron chi connectivity index (χ1n) is 5.33. The molecular formula is C10H16N4O3. The summed E-state index contributed by atoms with van der Waals surface area (Å²) in [6.07, 6.45) is 0.792. The van der Waals surface area contributed by atoms with Gasteiger partial charge < -0.3 is 10.5 Å². The predicted molar refractivity (Wildman–Crippen MR) is 62.8 cm³/mol. The van der Waals surface area contributed by atoms with Crippen LogP contribution in [-0.4, -0.2) is 21.5 Å². The highest BCUT2D eigenvalue weighted by molar-refractivity contribution is 5.47. The molecule has 2 N–H and O–H groups in total. The quantitative estimate of drug-likeness (QED) is 0.620. The van der Waals surface area contributed by atoms with E-state index in [-0.39, 0.29) is 23.2 Å². The van der Waals surface area contributed by atoms with Crippen LogP contribution in [0.2, 0.25) is 0 Å². The van der Waals surface area contributed by atoms with Gasteiger partial charge in [-0.1, -0.05) is 13.8 Å². The van der Waals surface area contributed by atoms with Crippen molar-refractivity contribution in [3.63, 3.8) is 0 Å². The second kappa shape index (κ2) is 5.42. The maximum absolute atomic E-state index is 10.9. The van der Waals surface area contributed by atoms with Gasteiger partial charge in [-0.05, 0) is 19.3 Å². The van der Waals surface area contributed by atoms with Gasteiger partial charge in [0.05, 0.1) is 11.5 Å². The van der Waals surface area contributed by atoms with Gasteiger partial charge in [0.2, 0.25) is 5.95 Å². The third kappa shape index (κ3) is 3.54. The van der Waals surface area contributed by atoms with Crippen molar-refractivity contribution in [2.75, 3.05) is 12.3 Å². The van der Waals surface area contributed by atoms with E-state index in [0.29, 0.717) is 12.5 Å². The van der Waals surface area contributed by atoms with Crippen molar-refractivity contribution in [1.82, 2.24) is 9.97 Å². The minimum absolute atomic E-state index is 0.0207. The zero-order valence-electron chi connectivity index (χ0n) is 10.1. The molecule has 1 aromatic rings. The molecule has 0 saturated carbocycles. The molecule has 0 bridgehead atoms. The van der Waals surface area contributed by atoms with Gasteiger partial charge >= 0.3 is 5.69 Å². The summed E-state index contributed by atoms with van der Waals surface area (Å²) >= 11 is 0. The van der Waals surface area contributed by atoms with Crippen LogP contribution < -0.4 is 10.5 Å². The Hall–Kier alpha value is -1.92. The lowest BCUT2D eigenvalue weighted by atomic mass is 10.1. The van der Waals surface area contributed by atoms with E-state index in [2.05, 4.69) is 9.97 Å². The van der Waals surface area contributed by atoms with E-state index in [9.17, 15) is 10.1 Å². The molecule has 7 nitrogen and oxygen atoms in total. The van der Waals surface area contributed by atoms with E-state index < -0.39 is 4.92 Å². The number of hydrogen-bond acceptors (Lipinski definition) is 6. The van der Waals surface area contributed by atoms with Gasteiger partial charge in [-0.25, -0.2) is 4.98 Å². The van der Waals surface area contributed by atoms with Crippen molar-refractivity contribution in [1.29, 1.82) is 0 Å². The molecule has 17 heavy (non-hydrogen) atoms. The van der Waals surface area contributed by atoms with E-state index in [4.69, 9.17) is 10.5 Å². The largest absolute Gasteiger partial charge is 0.473 e. The zero-order chi connectivity index (χ0) is 13.0. The minimum Gasteiger partial charge on any atom is -0.473 e. The maximum Gasteiger partial charge on any atom is 0.352 e. The molecule has 0 saturated heterocycles. The number of aryl methyl sites for hydroxylation is 1. The van der Waals surface area contributed by atoms with Crippen LogP contribution >= 0.6 is 0 Å². The first-order valence-corrected chi connectivity index (χ1v) is 5.33. The number of rotatable bonds is 5. The third-order valence-electron chi connectivity index (χ3n) is 2.16. The monoisotopic (exact) mass is 240 g/mol. The Morgan fingerprint density at radius 1 is 1.47 bits per heavy atom. The molecule has 0 aromatic carbocycles. The van der Waals surface area contributed by atoms with E-state index in [1.165, 1.54) is 6.92 Å². The summed E-state index contributed by atoms with van der Waals surface area (Å²) in [5.74, 6) is 0.377. The van der Waals surface area contributed by atoms with Gasteiger partial charge in [-0.2, -0.15) is 4.98 Å². The van der Waals surface area contributed by atoms with Gasteiger partial charge in [0.25, 0.3) is 5.88 Å². The summed E-state index contributed by atoms with van der Waals surface area (Å²) in [4.78, 5) is 17.8. The van der Waals surface area contributed by atoms with Gasteiger partial charge in [0.1, 0.15) is 5.69 Å². The van der Waals surface area contributed by atoms with Crippen LogP contribution in [0.1, 0.15) is 26.0 Å². The van der Waals surface area contributed by atoms with Gasteiger partial charge in [0.15, 0.2) is 0 Å². The maximum atomic E-state index is 10.9. The number of nitrogens with two attached hydrogens (primary N) is 1. The summed E-state index contributed by atoms with van der Waals surface area (Å²) in [5, 5.41) is 10.9. The molecule has 0 radical (unpaired) electrons. The van der Waals surface area contributed by atoms with E-state index in [1.807, 2.05) is 13.8 Å². The molecule has 1 heterocycles.